The molecule has 2 aromatic rings. The zero-order valence-corrected chi connectivity index (χ0v) is 18.5. The van der Waals surface area contributed by atoms with Gasteiger partial charge in [0.05, 0.1) is 45.2 Å². The molecular weight excluding hydrogens is 392 g/mol. The average Bonchev–Trinajstić information content (AvgIpc) is 3.56. The van der Waals surface area contributed by atoms with E-state index in [1.165, 1.54) is 0 Å². The van der Waals surface area contributed by atoms with E-state index in [0.717, 1.165) is 29.7 Å². The van der Waals surface area contributed by atoms with Crippen molar-refractivity contribution in [3.05, 3.63) is 77.9 Å². The number of ether oxygens (including phenoxy) is 4. The number of methoxy groups -OCH3 is 1. The van der Waals surface area contributed by atoms with Gasteiger partial charge in [-0.1, -0.05) is 61.5 Å². The Morgan fingerprint density at radius 2 is 1.71 bits per heavy atom. The lowest BCUT2D eigenvalue weighted by Gasteiger charge is -2.21. The fraction of sp³-hybridized carbons (Fsp3) is 0.462. The van der Waals surface area contributed by atoms with Gasteiger partial charge in [0.1, 0.15) is 11.9 Å². The van der Waals surface area contributed by atoms with Gasteiger partial charge in [-0.25, -0.2) is 0 Å². The third-order valence-electron chi connectivity index (χ3n) is 5.45. The van der Waals surface area contributed by atoms with Crippen LogP contribution in [0, 0.1) is 0 Å². The van der Waals surface area contributed by atoms with Crippen LogP contribution in [-0.4, -0.2) is 43.2 Å². The molecule has 168 valence electrons. The second-order valence-electron chi connectivity index (χ2n) is 7.83. The van der Waals surface area contributed by atoms with Crippen LogP contribution in [-0.2, 0) is 27.4 Å². The first-order valence-corrected chi connectivity index (χ1v) is 11.0. The molecule has 1 aliphatic rings. The monoisotopic (exact) mass is 426 g/mol. The number of rotatable bonds is 14. The summed E-state index contributed by atoms with van der Waals surface area (Å²) in [6, 6.07) is 17.9. The van der Waals surface area contributed by atoms with Gasteiger partial charge in [0, 0.05) is 0 Å². The maximum Gasteiger partial charge on any atom is 0.118 e. The summed E-state index contributed by atoms with van der Waals surface area (Å²) in [5.41, 5.74) is 2.24. The van der Waals surface area contributed by atoms with Gasteiger partial charge in [-0.05, 0) is 42.5 Å². The molecule has 1 aliphatic heterocycles. The smallest absolute Gasteiger partial charge is 0.118 e. The normalized spacial score (nSPS) is 20.0. The van der Waals surface area contributed by atoms with E-state index in [1.54, 1.807) is 7.11 Å². The molecule has 1 saturated heterocycles. The Morgan fingerprint density at radius 3 is 2.42 bits per heavy atom. The Hall–Kier alpha value is -2.18. The minimum atomic E-state index is -0.506. The predicted molar refractivity (Wildman–Crippen MR) is 121 cm³/mol. The number of hydrogen-bond acceptors (Lipinski definition) is 5. The SMILES string of the molecule is CC[C@H](OCc1ccccc1)[C@H](O)C/C=C\C[C@@H]1O[C@@H]1COCc1ccc(OC)cc1. The second kappa shape index (κ2) is 12.6. The molecule has 0 radical (unpaired) electrons. The quantitative estimate of drug-likeness (QED) is 0.351. The van der Waals surface area contributed by atoms with Crippen LogP contribution >= 0.6 is 0 Å². The summed E-state index contributed by atoms with van der Waals surface area (Å²) in [6.07, 6.45) is 6.00. The number of benzene rings is 2. The molecule has 5 heteroatoms. The first kappa shape index (κ1) is 23.5. The van der Waals surface area contributed by atoms with Crippen LogP contribution < -0.4 is 4.74 Å². The molecule has 0 spiro atoms. The second-order valence-corrected chi connectivity index (χ2v) is 7.83. The summed E-state index contributed by atoms with van der Waals surface area (Å²) in [5, 5.41) is 10.4. The van der Waals surface area contributed by atoms with Gasteiger partial charge >= 0.3 is 0 Å². The molecule has 31 heavy (non-hydrogen) atoms. The maximum atomic E-state index is 10.4. The molecule has 1 N–H and O–H groups in total. The highest BCUT2D eigenvalue weighted by molar-refractivity contribution is 5.26. The van der Waals surface area contributed by atoms with Gasteiger partial charge in [0.25, 0.3) is 0 Å². The van der Waals surface area contributed by atoms with Gasteiger partial charge in [-0.3, -0.25) is 0 Å². The summed E-state index contributed by atoms with van der Waals surface area (Å²) in [4.78, 5) is 0. The zero-order chi connectivity index (χ0) is 21.9. The van der Waals surface area contributed by atoms with Crippen molar-refractivity contribution < 1.29 is 24.1 Å². The highest BCUT2D eigenvalue weighted by Gasteiger charge is 2.37. The first-order valence-electron chi connectivity index (χ1n) is 11.0. The average molecular weight is 427 g/mol. The minimum Gasteiger partial charge on any atom is -0.497 e. The molecule has 3 rings (SSSR count). The van der Waals surface area contributed by atoms with Crippen molar-refractivity contribution in [2.45, 2.75) is 63.8 Å². The molecule has 5 nitrogen and oxygen atoms in total. The van der Waals surface area contributed by atoms with Gasteiger partial charge < -0.3 is 24.1 Å². The fourth-order valence-electron chi connectivity index (χ4n) is 3.44. The third-order valence-corrected chi connectivity index (χ3v) is 5.45. The van der Waals surface area contributed by atoms with Gasteiger partial charge in [-0.15, -0.1) is 0 Å². The molecular formula is C26H34O5. The molecule has 1 heterocycles. The van der Waals surface area contributed by atoms with Crippen molar-refractivity contribution in [3.8, 4) is 5.75 Å². The maximum absolute atomic E-state index is 10.4. The third kappa shape index (κ3) is 8.11. The Morgan fingerprint density at radius 1 is 0.968 bits per heavy atom. The van der Waals surface area contributed by atoms with Crippen LogP contribution in [0.3, 0.4) is 0 Å². The topological polar surface area (TPSA) is 60.5 Å². The van der Waals surface area contributed by atoms with Crippen molar-refractivity contribution in [2.24, 2.45) is 0 Å². The highest BCUT2D eigenvalue weighted by atomic mass is 16.6. The van der Waals surface area contributed by atoms with Crippen molar-refractivity contribution in [2.75, 3.05) is 13.7 Å². The minimum absolute atomic E-state index is 0.158. The summed E-state index contributed by atoms with van der Waals surface area (Å²) in [7, 11) is 1.66. The largest absolute Gasteiger partial charge is 0.497 e. The lowest BCUT2D eigenvalue weighted by atomic mass is 10.1. The molecule has 0 aliphatic carbocycles. The van der Waals surface area contributed by atoms with E-state index in [0.29, 0.717) is 26.2 Å². The van der Waals surface area contributed by atoms with Gasteiger partial charge in [-0.2, -0.15) is 0 Å². The Balaban J connectivity index is 1.27. The lowest BCUT2D eigenvalue weighted by Crippen LogP contribution is -2.27. The van der Waals surface area contributed by atoms with Crippen LogP contribution in [0.15, 0.2) is 66.7 Å². The summed E-state index contributed by atoms with van der Waals surface area (Å²) >= 11 is 0. The molecule has 0 aromatic heterocycles. The number of aliphatic hydroxyl groups is 1. The predicted octanol–water partition coefficient (Wildman–Crippen LogP) is 4.67. The summed E-state index contributed by atoms with van der Waals surface area (Å²) < 4.78 is 22.5. The van der Waals surface area contributed by atoms with Crippen molar-refractivity contribution in [1.29, 1.82) is 0 Å². The Bertz CT molecular complexity index is 774. The van der Waals surface area contributed by atoms with E-state index in [9.17, 15) is 5.11 Å². The molecule has 2 aromatic carbocycles. The standard InChI is InChI=1S/C26H34O5/c1-3-24(30-18-20-9-5-4-6-10-20)23(27)11-7-8-12-25-26(31-25)19-29-17-21-13-15-22(28-2)16-14-21/h4-10,13-16,23-27H,3,11-12,17-19H2,1-2H3/b8-7-/t23-,24+,25+,26-/m1/s1. The van der Waals surface area contributed by atoms with Crippen LogP contribution in [0.25, 0.3) is 0 Å². The van der Waals surface area contributed by atoms with Crippen LogP contribution in [0.2, 0.25) is 0 Å². The van der Waals surface area contributed by atoms with Crippen molar-refractivity contribution in [1.82, 2.24) is 0 Å². The number of epoxide rings is 1. The molecule has 1 fully saturated rings. The van der Waals surface area contributed by atoms with Crippen LogP contribution in [0.5, 0.6) is 5.75 Å². The summed E-state index contributed by atoms with van der Waals surface area (Å²) in [6.45, 7) is 3.73. The Labute approximate surface area is 185 Å². The molecule has 0 unspecified atom stereocenters. The van der Waals surface area contributed by atoms with E-state index >= 15 is 0 Å². The van der Waals surface area contributed by atoms with E-state index in [2.05, 4.69) is 6.08 Å². The fourth-order valence-corrected chi connectivity index (χ4v) is 3.44. The zero-order valence-electron chi connectivity index (χ0n) is 18.5. The summed E-state index contributed by atoms with van der Waals surface area (Å²) in [5.74, 6) is 0.847. The van der Waals surface area contributed by atoms with E-state index < -0.39 is 6.10 Å². The van der Waals surface area contributed by atoms with Crippen molar-refractivity contribution in [3.63, 3.8) is 0 Å². The first-order chi connectivity index (χ1) is 15.2. The molecule has 0 saturated carbocycles. The van der Waals surface area contributed by atoms with Gasteiger partial charge in [0.15, 0.2) is 0 Å². The Kier molecular flexibility index (Phi) is 9.56. The van der Waals surface area contributed by atoms with Crippen molar-refractivity contribution >= 4 is 0 Å². The van der Waals surface area contributed by atoms with Crippen LogP contribution in [0.4, 0.5) is 0 Å². The highest BCUT2D eigenvalue weighted by Crippen LogP contribution is 2.26. The number of aliphatic hydroxyl groups excluding tert-OH is 1. The molecule has 0 amide bonds. The van der Waals surface area contributed by atoms with E-state index in [-0.39, 0.29) is 18.3 Å². The molecule has 0 bridgehead atoms. The lowest BCUT2D eigenvalue weighted by molar-refractivity contribution is -0.0457. The number of hydrogen-bond donors (Lipinski definition) is 1. The molecule has 4 atom stereocenters. The van der Waals surface area contributed by atoms with E-state index in [4.69, 9.17) is 18.9 Å². The van der Waals surface area contributed by atoms with E-state index in [1.807, 2.05) is 67.6 Å². The van der Waals surface area contributed by atoms with Crippen LogP contribution in [0.1, 0.15) is 37.3 Å². The van der Waals surface area contributed by atoms with Gasteiger partial charge in [0.2, 0.25) is 0 Å².